The molecular weight excluding hydrogens is 360 g/mol. The highest BCUT2D eigenvalue weighted by Gasteiger charge is 2.29. The zero-order valence-electron chi connectivity index (χ0n) is 16.5. The van der Waals surface area contributed by atoms with E-state index in [0.29, 0.717) is 37.0 Å². The van der Waals surface area contributed by atoms with Crippen LogP contribution in [0.2, 0.25) is 0 Å². The number of amides is 1. The number of rotatable bonds is 5. The minimum absolute atomic E-state index is 0.164. The van der Waals surface area contributed by atoms with Gasteiger partial charge in [0, 0.05) is 25.2 Å². The number of benzene rings is 1. The average molecular weight is 393 g/mol. The van der Waals surface area contributed by atoms with Crippen LogP contribution in [0.25, 0.3) is 0 Å². The van der Waals surface area contributed by atoms with Gasteiger partial charge in [0.15, 0.2) is 0 Å². The van der Waals surface area contributed by atoms with E-state index >= 15 is 0 Å². The molecule has 5 nitrogen and oxygen atoms in total. The van der Waals surface area contributed by atoms with Crippen molar-refractivity contribution in [1.29, 1.82) is 0 Å². The van der Waals surface area contributed by atoms with Gasteiger partial charge in [0.25, 0.3) is 5.91 Å². The van der Waals surface area contributed by atoms with Gasteiger partial charge < -0.3 is 5.32 Å². The fourth-order valence-corrected chi connectivity index (χ4v) is 5.60. The Morgan fingerprint density at radius 1 is 1.11 bits per heavy atom. The van der Waals surface area contributed by atoms with Gasteiger partial charge in [0.05, 0.1) is 4.90 Å². The highest BCUT2D eigenvalue weighted by molar-refractivity contribution is 7.89. The van der Waals surface area contributed by atoms with Crippen LogP contribution in [0.3, 0.4) is 0 Å². The maximum atomic E-state index is 13.0. The van der Waals surface area contributed by atoms with E-state index in [1.807, 2.05) is 6.92 Å². The van der Waals surface area contributed by atoms with E-state index in [2.05, 4.69) is 12.2 Å². The zero-order valence-corrected chi connectivity index (χ0v) is 17.4. The molecule has 1 saturated carbocycles. The summed E-state index contributed by atoms with van der Waals surface area (Å²) in [6.45, 7) is 5.81. The molecule has 1 heterocycles. The first-order valence-corrected chi connectivity index (χ1v) is 11.7. The summed E-state index contributed by atoms with van der Waals surface area (Å²) in [5.74, 6) is 0.947. The summed E-state index contributed by atoms with van der Waals surface area (Å²) in [4.78, 5) is 12.9. The second kappa shape index (κ2) is 8.74. The van der Waals surface area contributed by atoms with Crippen LogP contribution in [0.15, 0.2) is 23.1 Å². The summed E-state index contributed by atoms with van der Waals surface area (Å²) in [5, 5.41) is 3.03. The molecule has 0 aromatic heterocycles. The van der Waals surface area contributed by atoms with E-state index in [1.54, 1.807) is 22.5 Å². The summed E-state index contributed by atoms with van der Waals surface area (Å²) in [5.41, 5.74) is 1.28. The second-order valence-corrected chi connectivity index (χ2v) is 10.2. The van der Waals surface area contributed by atoms with Crippen molar-refractivity contribution >= 4 is 15.9 Å². The monoisotopic (exact) mass is 392 g/mol. The molecule has 0 unspecified atom stereocenters. The molecule has 1 N–H and O–H groups in total. The molecular formula is C21H32N2O3S. The lowest BCUT2D eigenvalue weighted by Gasteiger charge is -2.29. The Morgan fingerprint density at radius 3 is 2.44 bits per heavy atom. The fraction of sp³-hybridized carbons (Fsp3) is 0.667. The number of piperidine rings is 1. The third kappa shape index (κ3) is 4.91. The van der Waals surface area contributed by atoms with E-state index in [-0.39, 0.29) is 10.8 Å². The molecule has 0 atom stereocenters. The first-order valence-electron chi connectivity index (χ1n) is 10.3. The molecule has 1 aliphatic heterocycles. The van der Waals surface area contributed by atoms with E-state index < -0.39 is 10.0 Å². The van der Waals surface area contributed by atoms with Gasteiger partial charge in [-0.1, -0.05) is 32.3 Å². The van der Waals surface area contributed by atoms with E-state index in [9.17, 15) is 13.2 Å². The lowest BCUT2D eigenvalue weighted by atomic mass is 9.89. The highest BCUT2D eigenvalue weighted by Crippen LogP contribution is 2.26. The molecule has 27 heavy (non-hydrogen) atoms. The maximum Gasteiger partial charge on any atom is 0.251 e. The predicted octanol–water partition coefficient (Wildman–Crippen LogP) is 3.73. The Morgan fingerprint density at radius 2 is 1.78 bits per heavy atom. The van der Waals surface area contributed by atoms with Crippen LogP contribution >= 0.6 is 0 Å². The molecule has 150 valence electrons. The number of nitrogens with zero attached hydrogens (tertiary/aromatic N) is 1. The highest BCUT2D eigenvalue weighted by atomic mass is 32.2. The molecule has 1 aliphatic carbocycles. The number of carbonyl (C=O) groups is 1. The van der Waals surface area contributed by atoms with Crippen molar-refractivity contribution < 1.29 is 13.2 Å². The third-order valence-corrected chi connectivity index (χ3v) is 8.00. The van der Waals surface area contributed by atoms with Gasteiger partial charge in [-0.25, -0.2) is 8.42 Å². The molecule has 0 spiro atoms. The van der Waals surface area contributed by atoms with Crippen molar-refractivity contribution in [3.8, 4) is 0 Å². The summed E-state index contributed by atoms with van der Waals surface area (Å²) >= 11 is 0. The van der Waals surface area contributed by atoms with Crippen LogP contribution in [-0.4, -0.2) is 38.3 Å². The van der Waals surface area contributed by atoms with Gasteiger partial charge in [0.1, 0.15) is 0 Å². The van der Waals surface area contributed by atoms with Crippen LogP contribution in [0, 0.1) is 18.8 Å². The summed E-state index contributed by atoms with van der Waals surface area (Å²) in [6.07, 6.45) is 7.88. The summed E-state index contributed by atoms with van der Waals surface area (Å²) in [7, 11) is -3.54. The van der Waals surface area contributed by atoms with Crippen molar-refractivity contribution in [2.75, 3.05) is 19.6 Å². The van der Waals surface area contributed by atoms with Crippen LogP contribution in [0.4, 0.5) is 0 Å². The first kappa shape index (κ1) is 20.3. The molecule has 0 bridgehead atoms. The van der Waals surface area contributed by atoms with Crippen LogP contribution in [-0.2, 0) is 10.0 Å². The molecule has 0 radical (unpaired) electrons. The summed E-state index contributed by atoms with van der Waals surface area (Å²) in [6, 6.07) is 4.93. The van der Waals surface area contributed by atoms with Gasteiger partial charge in [-0.15, -0.1) is 0 Å². The van der Waals surface area contributed by atoms with Gasteiger partial charge in [-0.3, -0.25) is 4.79 Å². The molecule has 1 aromatic rings. The molecule has 2 fully saturated rings. The zero-order chi connectivity index (χ0) is 19.4. The molecule has 3 rings (SSSR count). The van der Waals surface area contributed by atoms with Crippen molar-refractivity contribution in [3.05, 3.63) is 29.3 Å². The molecule has 6 heteroatoms. The Labute approximate surface area is 163 Å². The standard InChI is InChI=1S/C21H32N2O3S/c1-16-10-12-23(13-11-16)27(25,26)19-9-8-17(2)20(14-19)21(24)22-15-18-6-4-3-5-7-18/h8-9,14,16,18H,3-7,10-13,15H2,1-2H3,(H,22,24). The van der Waals surface area contributed by atoms with Gasteiger partial charge >= 0.3 is 0 Å². The van der Waals surface area contributed by atoms with E-state index in [4.69, 9.17) is 0 Å². The second-order valence-electron chi connectivity index (χ2n) is 8.28. The SMILES string of the molecule is Cc1ccc(S(=O)(=O)N2CCC(C)CC2)cc1C(=O)NCC1CCCCC1. The first-order chi connectivity index (χ1) is 12.9. The van der Waals surface area contributed by atoms with Gasteiger partial charge in [0.2, 0.25) is 10.0 Å². The number of hydrogen-bond acceptors (Lipinski definition) is 3. The minimum Gasteiger partial charge on any atom is -0.352 e. The van der Waals surface area contributed by atoms with E-state index in [1.165, 1.54) is 32.1 Å². The summed E-state index contributed by atoms with van der Waals surface area (Å²) < 4.78 is 27.5. The Balaban J connectivity index is 1.72. The lowest BCUT2D eigenvalue weighted by molar-refractivity contribution is 0.0942. The van der Waals surface area contributed by atoms with E-state index in [0.717, 1.165) is 18.4 Å². The largest absolute Gasteiger partial charge is 0.352 e. The molecule has 1 saturated heterocycles. The van der Waals surface area contributed by atoms with Crippen LogP contribution in [0.5, 0.6) is 0 Å². The van der Waals surface area contributed by atoms with Gasteiger partial charge in [-0.2, -0.15) is 4.31 Å². The number of hydrogen-bond donors (Lipinski definition) is 1. The van der Waals surface area contributed by atoms with Crippen molar-refractivity contribution in [2.24, 2.45) is 11.8 Å². The average Bonchev–Trinajstić information content (AvgIpc) is 2.67. The van der Waals surface area contributed by atoms with Crippen LogP contribution in [0.1, 0.15) is 67.8 Å². The normalized spacial score (nSPS) is 20.5. The van der Waals surface area contributed by atoms with Crippen molar-refractivity contribution in [1.82, 2.24) is 9.62 Å². The van der Waals surface area contributed by atoms with Crippen molar-refractivity contribution in [3.63, 3.8) is 0 Å². The topological polar surface area (TPSA) is 66.5 Å². The molecule has 2 aliphatic rings. The Hall–Kier alpha value is -1.40. The smallest absolute Gasteiger partial charge is 0.251 e. The van der Waals surface area contributed by atoms with Crippen LogP contribution < -0.4 is 5.32 Å². The number of sulfonamides is 1. The van der Waals surface area contributed by atoms with Crippen molar-refractivity contribution in [2.45, 2.75) is 63.7 Å². The lowest BCUT2D eigenvalue weighted by Crippen LogP contribution is -2.38. The minimum atomic E-state index is -3.54. The Bertz CT molecular complexity index is 762. The molecule has 1 aromatic carbocycles. The molecule has 1 amide bonds. The third-order valence-electron chi connectivity index (χ3n) is 6.11. The number of nitrogens with one attached hydrogen (secondary N) is 1. The maximum absolute atomic E-state index is 13.0. The number of aryl methyl sites for hydroxylation is 1. The Kier molecular flexibility index (Phi) is 6.58. The van der Waals surface area contributed by atoms with Gasteiger partial charge in [-0.05, 0) is 62.1 Å². The quantitative estimate of drug-likeness (QED) is 0.830. The number of carbonyl (C=O) groups excluding carboxylic acids is 1. The fourth-order valence-electron chi connectivity index (χ4n) is 4.10. The predicted molar refractivity (Wildman–Crippen MR) is 107 cm³/mol.